The standard InChI is InChI=1S/C13H20N2O3S/c1-8(2)18-13(17)9-5-4-6-15-7-10(11(16)14-3)19-12(9)15/h8,10H,4-7H2,1-3H3,(H,14,16). The van der Waals surface area contributed by atoms with Gasteiger partial charge in [0.1, 0.15) is 5.25 Å². The SMILES string of the molecule is CNC(=O)C1CN2CCCC(C(=O)OC(C)C)=C2S1. The van der Waals surface area contributed by atoms with Gasteiger partial charge in [-0.1, -0.05) is 11.8 Å². The molecule has 6 heteroatoms. The molecule has 1 saturated heterocycles. The van der Waals surface area contributed by atoms with Crippen LogP contribution in [-0.2, 0) is 14.3 Å². The first-order chi connectivity index (χ1) is 9.02. The zero-order valence-electron chi connectivity index (χ0n) is 11.6. The highest BCUT2D eigenvalue weighted by Gasteiger charge is 2.37. The number of carbonyl (C=O) groups excluding carboxylic acids is 2. The Hall–Kier alpha value is -1.17. The predicted octanol–water partition coefficient (Wildman–Crippen LogP) is 1.11. The number of fused-ring (bicyclic) bond motifs is 1. The third-order valence-corrected chi connectivity index (χ3v) is 4.54. The van der Waals surface area contributed by atoms with E-state index in [1.165, 1.54) is 11.8 Å². The number of thioether (sulfide) groups is 1. The highest BCUT2D eigenvalue weighted by Crippen LogP contribution is 2.40. The van der Waals surface area contributed by atoms with Gasteiger partial charge < -0.3 is 15.0 Å². The van der Waals surface area contributed by atoms with E-state index in [2.05, 4.69) is 10.2 Å². The van der Waals surface area contributed by atoms with E-state index >= 15 is 0 Å². The van der Waals surface area contributed by atoms with Gasteiger partial charge in [-0.05, 0) is 26.7 Å². The normalized spacial score (nSPS) is 22.5. The van der Waals surface area contributed by atoms with Crippen LogP contribution in [0.1, 0.15) is 26.7 Å². The molecule has 0 saturated carbocycles. The van der Waals surface area contributed by atoms with E-state index in [1.807, 2.05) is 13.8 Å². The molecule has 5 nitrogen and oxygen atoms in total. The molecule has 19 heavy (non-hydrogen) atoms. The van der Waals surface area contributed by atoms with Crippen LogP contribution >= 0.6 is 11.8 Å². The summed E-state index contributed by atoms with van der Waals surface area (Å²) in [6.45, 7) is 5.28. The van der Waals surface area contributed by atoms with Crippen LogP contribution in [0.25, 0.3) is 0 Å². The molecule has 106 valence electrons. The molecule has 1 amide bonds. The van der Waals surface area contributed by atoms with Gasteiger partial charge in [0.2, 0.25) is 5.91 Å². The Morgan fingerprint density at radius 3 is 2.84 bits per heavy atom. The fraction of sp³-hybridized carbons (Fsp3) is 0.692. The molecule has 2 heterocycles. The van der Waals surface area contributed by atoms with Crippen molar-refractivity contribution >= 4 is 23.6 Å². The van der Waals surface area contributed by atoms with Crippen molar-refractivity contribution in [3.8, 4) is 0 Å². The number of nitrogens with zero attached hydrogens (tertiary/aromatic N) is 1. The molecule has 0 aromatic heterocycles. The molecule has 1 unspecified atom stereocenters. The van der Waals surface area contributed by atoms with Crippen molar-refractivity contribution in [1.29, 1.82) is 0 Å². The average Bonchev–Trinajstić information content (AvgIpc) is 2.80. The quantitative estimate of drug-likeness (QED) is 0.787. The minimum atomic E-state index is -0.236. The highest BCUT2D eigenvalue weighted by molar-refractivity contribution is 8.04. The van der Waals surface area contributed by atoms with Crippen molar-refractivity contribution in [3.05, 3.63) is 10.6 Å². The van der Waals surface area contributed by atoms with Crippen LogP contribution in [0, 0.1) is 0 Å². The lowest BCUT2D eigenvalue weighted by molar-refractivity contribution is -0.143. The molecule has 1 N–H and O–H groups in total. The first-order valence-electron chi connectivity index (χ1n) is 6.60. The summed E-state index contributed by atoms with van der Waals surface area (Å²) in [4.78, 5) is 25.9. The Labute approximate surface area is 117 Å². The predicted molar refractivity (Wildman–Crippen MR) is 74.5 cm³/mol. The van der Waals surface area contributed by atoms with E-state index in [0.29, 0.717) is 6.54 Å². The van der Waals surface area contributed by atoms with Crippen molar-refractivity contribution < 1.29 is 14.3 Å². The van der Waals surface area contributed by atoms with Gasteiger partial charge >= 0.3 is 5.97 Å². The van der Waals surface area contributed by atoms with E-state index < -0.39 is 0 Å². The minimum Gasteiger partial charge on any atom is -0.460 e. The van der Waals surface area contributed by atoms with Gasteiger partial charge in [-0.15, -0.1) is 0 Å². The molecule has 0 aromatic carbocycles. The van der Waals surface area contributed by atoms with Crippen molar-refractivity contribution in [1.82, 2.24) is 10.2 Å². The molecular formula is C13H20N2O3S. The molecule has 0 spiro atoms. The fourth-order valence-electron chi connectivity index (χ4n) is 2.31. The zero-order chi connectivity index (χ0) is 14.0. The maximum atomic E-state index is 12.1. The fourth-order valence-corrected chi connectivity index (χ4v) is 3.70. The molecule has 0 radical (unpaired) electrons. The Balaban J connectivity index is 2.17. The smallest absolute Gasteiger partial charge is 0.336 e. The molecule has 0 bridgehead atoms. The molecule has 2 rings (SSSR count). The van der Waals surface area contributed by atoms with Crippen molar-refractivity contribution in [2.75, 3.05) is 20.1 Å². The van der Waals surface area contributed by atoms with E-state index in [-0.39, 0.29) is 23.2 Å². The van der Waals surface area contributed by atoms with Crippen LogP contribution in [-0.4, -0.2) is 48.3 Å². The molecule has 1 atom stereocenters. The number of hydrogen-bond donors (Lipinski definition) is 1. The maximum absolute atomic E-state index is 12.1. The van der Waals surface area contributed by atoms with Gasteiger partial charge in [0.15, 0.2) is 0 Å². The summed E-state index contributed by atoms with van der Waals surface area (Å²) in [6.07, 6.45) is 1.56. The van der Waals surface area contributed by atoms with Crippen LogP contribution < -0.4 is 5.32 Å². The van der Waals surface area contributed by atoms with Gasteiger partial charge in [-0.3, -0.25) is 4.79 Å². The lowest BCUT2D eigenvalue weighted by Crippen LogP contribution is -2.34. The van der Waals surface area contributed by atoms with E-state index in [4.69, 9.17) is 4.74 Å². The maximum Gasteiger partial charge on any atom is 0.336 e. The van der Waals surface area contributed by atoms with E-state index in [9.17, 15) is 9.59 Å². The first-order valence-corrected chi connectivity index (χ1v) is 7.48. The summed E-state index contributed by atoms with van der Waals surface area (Å²) in [5, 5.41) is 3.48. The largest absolute Gasteiger partial charge is 0.460 e. The third kappa shape index (κ3) is 3.05. The number of rotatable bonds is 3. The van der Waals surface area contributed by atoms with Crippen molar-refractivity contribution in [2.24, 2.45) is 0 Å². The van der Waals surface area contributed by atoms with Crippen LogP contribution in [0.3, 0.4) is 0 Å². The van der Waals surface area contributed by atoms with Gasteiger partial charge in [-0.2, -0.15) is 0 Å². The number of ether oxygens (including phenoxy) is 1. The van der Waals surface area contributed by atoms with E-state index in [0.717, 1.165) is 30.0 Å². The Morgan fingerprint density at radius 2 is 2.21 bits per heavy atom. The van der Waals surface area contributed by atoms with Gasteiger partial charge in [0.05, 0.1) is 16.7 Å². The molecule has 0 aromatic rings. The summed E-state index contributed by atoms with van der Waals surface area (Å²) >= 11 is 1.48. The molecule has 0 aliphatic carbocycles. The summed E-state index contributed by atoms with van der Waals surface area (Å²) in [6, 6.07) is 0. The number of hydrogen-bond acceptors (Lipinski definition) is 5. The van der Waals surface area contributed by atoms with Crippen LogP contribution in [0.5, 0.6) is 0 Å². The lowest BCUT2D eigenvalue weighted by atomic mass is 10.1. The Kier molecular flexibility index (Phi) is 4.39. The topological polar surface area (TPSA) is 58.6 Å². The zero-order valence-corrected chi connectivity index (χ0v) is 12.4. The second-order valence-corrected chi connectivity index (χ2v) is 6.20. The monoisotopic (exact) mass is 284 g/mol. The second kappa shape index (κ2) is 5.86. The van der Waals surface area contributed by atoms with Crippen molar-refractivity contribution in [3.63, 3.8) is 0 Å². The second-order valence-electron chi connectivity index (χ2n) is 5.01. The molecular weight excluding hydrogens is 264 g/mol. The minimum absolute atomic E-state index is 0.0171. The average molecular weight is 284 g/mol. The Bertz CT molecular complexity index is 420. The number of esters is 1. The third-order valence-electron chi connectivity index (χ3n) is 3.17. The molecule has 2 aliphatic heterocycles. The highest BCUT2D eigenvalue weighted by atomic mass is 32.2. The lowest BCUT2D eigenvalue weighted by Gasteiger charge is -2.26. The summed E-state index contributed by atoms with van der Waals surface area (Å²) in [5.41, 5.74) is 0.733. The van der Waals surface area contributed by atoms with Crippen LogP contribution in [0.2, 0.25) is 0 Å². The first kappa shape index (κ1) is 14.2. The summed E-state index contributed by atoms with van der Waals surface area (Å²) in [7, 11) is 1.64. The van der Waals surface area contributed by atoms with E-state index in [1.54, 1.807) is 7.05 Å². The Morgan fingerprint density at radius 1 is 1.47 bits per heavy atom. The van der Waals surface area contributed by atoms with Crippen LogP contribution in [0.4, 0.5) is 0 Å². The van der Waals surface area contributed by atoms with Gasteiger partial charge in [-0.25, -0.2) is 4.79 Å². The van der Waals surface area contributed by atoms with Crippen molar-refractivity contribution in [2.45, 2.75) is 38.0 Å². The van der Waals surface area contributed by atoms with Crippen LogP contribution in [0.15, 0.2) is 10.6 Å². The van der Waals surface area contributed by atoms with Gasteiger partial charge in [0, 0.05) is 20.1 Å². The summed E-state index contributed by atoms with van der Waals surface area (Å²) < 4.78 is 5.28. The number of amides is 1. The molecule has 2 aliphatic rings. The molecule has 1 fully saturated rings. The van der Waals surface area contributed by atoms with Gasteiger partial charge in [0.25, 0.3) is 0 Å². The number of nitrogens with one attached hydrogen (secondary N) is 1. The number of carbonyl (C=O) groups is 2. The summed E-state index contributed by atoms with van der Waals surface area (Å²) in [5.74, 6) is -0.219.